The highest BCUT2D eigenvalue weighted by molar-refractivity contribution is 6.33. The largest absolute Gasteiger partial charge is 0.403 e. The van der Waals surface area contributed by atoms with Gasteiger partial charge >= 0.3 is 6.18 Å². The Morgan fingerprint density at radius 3 is 2.16 bits per heavy atom. The summed E-state index contributed by atoms with van der Waals surface area (Å²) in [7, 11) is 2.71. The number of rotatable bonds is 11. The zero-order valence-electron chi connectivity index (χ0n) is 35.7. The minimum absolute atomic E-state index is 0.0281. The number of amides is 7. The van der Waals surface area contributed by atoms with Crippen LogP contribution in [0.4, 0.5) is 22.0 Å². The van der Waals surface area contributed by atoms with Gasteiger partial charge in [-0.2, -0.15) is 13.2 Å². The predicted octanol–water partition coefficient (Wildman–Crippen LogP) is 4.29. The van der Waals surface area contributed by atoms with E-state index in [9.17, 15) is 55.5 Å². The molecule has 3 aliphatic rings. The van der Waals surface area contributed by atoms with E-state index in [4.69, 9.17) is 23.2 Å². The fraction of sp³-hybridized carbons (Fsp3) is 0.683. The van der Waals surface area contributed by atoms with Crippen molar-refractivity contribution < 1.29 is 55.5 Å². The Labute approximate surface area is 367 Å². The van der Waals surface area contributed by atoms with Crippen LogP contribution in [0.25, 0.3) is 0 Å². The lowest BCUT2D eigenvalue weighted by atomic mass is 9.64. The molecule has 4 rings (SSSR count). The van der Waals surface area contributed by atoms with Crippen molar-refractivity contribution in [3.05, 3.63) is 33.8 Å². The lowest BCUT2D eigenvalue weighted by Gasteiger charge is -2.46. The van der Waals surface area contributed by atoms with Gasteiger partial charge in [-0.25, -0.2) is 8.78 Å². The van der Waals surface area contributed by atoms with Crippen molar-refractivity contribution >= 4 is 64.6 Å². The quantitative estimate of drug-likeness (QED) is 0.205. The van der Waals surface area contributed by atoms with Gasteiger partial charge in [0.2, 0.25) is 41.4 Å². The lowest BCUT2D eigenvalue weighted by Crippen LogP contribution is -2.65. The SMILES string of the molecule is CC(C)C[C@@H]1NC(=O)[C@@H](N(C)C(=O)[C@@H](NC(=O)[C@H](C)NC(=O)C2(C(F)(F)F)CC(F)(F)C2)C2CC2)CCCCNC(=O)C(C)(C)NC(=O)[C@H](Cc2cc(Cl)ccc2Cl)N(C)C1=O. The molecule has 1 heterocycles. The minimum atomic E-state index is -5.31. The number of carbonyl (C=O) groups excluding carboxylic acids is 7. The maximum absolute atomic E-state index is 14.4. The number of hydrogen-bond donors (Lipinski definition) is 5. The summed E-state index contributed by atoms with van der Waals surface area (Å²) in [5, 5.41) is 13.3. The number of nitrogens with zero attached hydrogens (tertiary/aromatic N) is 2. The van der Waals surface area contributed by atoms with E-state index in [1.165, 1.54) is 34.0 Å². The van der Waals surface area contributed by atoms with E-state index < -0.39 is 113 Å². The average molecular weight is 925 g/mol. The number of carbonyl (C=O) groups is 7. The maximum atomic E-state index is 14.4. The number of hydrogen-bond acceptors (Lipinski definition) is 7. The molecule has 0 bridgehead atoms. The third kappa shape index (κ3) is 12.0. The number of halogens is 7. The third-order valence-electron chi connectivity index (χ3n) is 11.7. The molecule has 62 heavy (non-hydrogen) atoms. The highest BCUT2D eigenvalue weighted by Crippen LogP contribution is 2.60. The average Bonchev–Trinajstić information content (AvgIpc) is 4.00. The molecule has 0 unspecified atom stereocenters. The molecule has 7 amide bonds. The second kappa shape index (κ2) is 19.6. The predicted molar refractivity (Wildman–Crippen MR) is 219 cm³/mol. The first-order valence-electron chi connectivity index (χ1n) is 20.5. The van der Waals surface area contributed by atoms with Crippen LogP contribution < -0.4 is 26.6 Å². The van der Waals surface area contributed by atoms with Crippen molar-refractivity contribution in [3.8, 4) is 0 Å². The molecule has 0 aromatic heterocycles. The van der Waals surface area contributed by atoms with Gasteiger partial charge in [-0.15, -0.1) is 0 Å². The standard InChI is InChI=1S/C41H56Cl2F5N7O7/c1-21(2)16-27-34(59)55(7)29(18-24-17-25(42)13-14-26(24)43)33(58)53-38(4,5)36(61)49-15-9-8-10-28(32(57)51-27)54(6)35(60)30(23-11-12-23)52-31(56)22(3)50-37(62)39(41(46,47)48)19-40(44,45)20-39/h13-14,17,21-23,27-30H,8-12,15-16,18-20H2,1-7H3,(H,49,61)(H,50,62)(H,51,57)(H,52,56)(H,53,58)/t22-,27-,28-,29-,30-/m0/s1. The Hall–Kier alpha value is -4.26. The zero-order valence-corrected chi connectivity index (χ0v) is 37.3. The fourth-order valence-electron chi connectivity index (χ4n) is 7.69. The van der Waals surface area contributed by atoms with Gasteiger partial charge in [0.1, 0.15) is 35.7 Å². The van der Waals surface area contributed by atoms with Crippen molar-refractivity contribution in [2.75, 3.05) is 20.6 Å². The highest BCUT2D eigenvalue weighted by atomic mass is 35.5. The van der Waals surface area contributed by atoms with Crippen molar-refractivity contribution in [2.24, 2.45) is 17.3 Å². The van der Waals surface area contributed by atoms with Crippen LogP contribution in [0.15, 0.2) is 18.2 Å². The lowest BCUT2D eigenvalue weighted by molar-refractivity contribution is -0.295. The van der Waals surface area contributed by atoms with Crippen LogP contribution in [0.2, 0.25) is 10.0 Å². The first-order chi connectivity index (χ1) is 28.6. The molecule has 0 spiro atoms. The Kier molecular flexibility index (Phi) is 16.0. The summed E-state index contributed by atoms with van der Waals surface area (Å²) in [5.41, 5.74) is -4.39. The molecule has 1 aromatic rings. The molecule has 1 aliphatic heterocycles. The second-order valence-corrected chi connectivity index (χ2v) is 18.6. The molecule has 5 N–H and O–H groups in total. The minimum Gasteiger partial charge on any atom is -0.354 e. The van der Waals surface area contributed by atoms with Gasteiger partial charge in [-0.05, 0) is 94.9 Å². The summed E-state index contributed by atoms with van der Waals surface area (Å²) < 4.78 is 68.7. The first-order valence-corrected chi connectivity index (χ1v) is 21.3. The normalized spacial score (nSPS) is 24.4. The monoisotopic (exact) mass is 923 g/mol. The van der Waals surface area contributed by atoms with E-state index in [0.717, 1.165) is 16.7 Å². The van der Waals surface area contributed by atoms with E-state index in [1.807, 2.05) is 19.2 Å². The van der Waals surface area contributed by atoms with E-state index in [-0.39, 0.29) is 43.2 Å². The first kappa shape index (κ1) is 50.4. The van der Waals surface area contributed by atoms with Crippen LogP contribution in [-0.4, -0.2) is 120 Å². The van der Waals surface area contributed by atoms with Gasteiger partial charge < -0.3 is 36.4 Å². The van der Waals surface area contributed by atoms with Crippen molar-refractivity contribution in [1.82, 2.24) is 36.4 Å². The zero-order chi connectivity index (χ0) is 46.7. The van der Waals surface area contributed by atoms with Crippen LogP contribution in [0.5, 0.6) is 0 Å². The van der Waals surface area contributed by atoms with E-state index in [1.54, 1.807) is 12.1 Å². The number of benzene rings is 1. The molecule has 2 aliphatic carbocycles. The Bertz CT molecular complexity index is 1890. The summed E-state index contributed by atoms with van der Waals surface area (Å²) in [6.07, 6.45) is -7.29. The van der Waals surface area contributed by atoms with Crippen molar-refractivity contribution in [2.45, 2.75) is 140 Å². The summed E-state index contributed by atoms with van der Waals surface area (Å²) >= 11 is 12.7. The second-order valence-electron chi connectivity index (χ2n) is 17.7. The highest BCUT2D eigenvalue weighted by Gasteiger charge is 2.73. The number of alkyl halides is 5. The molecule has 3 fully saturated rings. The smallest absolute Gasteiger partial charge is 0.354 e. The van der Waals surface area contributed by atoms with Gasteiger partial charge in [0.05, 0.1) is 0 Å². The molecule has 0 radical (unpaired) electrons. The summed E-state index contributed by atoms with van der Waals surface area (Å²) in [4.78, 5) is 98.7. The fourth-order valence-corrected chi connectivity index (χ4v) is 8.08. The van der Waals surface area contributed by atoms with Gasteiger partial charge in [-0.3, -0.25) is 33.6 Å². The summed E-state index contributed by atoms with van der Waals surface area (Å²) in [6.45, 7) is 7.83. The van der Waals surface area contributed by atoms with Gasteiger partial charge in [0, 0.05) is 49.9 Å². The van der Waals surface area contributed by atoms with Crippen LogP contribution in [0.1, 0.15) is 91.5 Å². The van der Waals surface area contributed by atoms with Crippen LogP contribution in [0, 0.1) is 17.3 Å². The summed E-state index contributed by atoms with van der Waals surface area (Å²) in [6, 6.07) is -2.03. The molecule has 2 saturated carbocycles. The Balaban J connectivity index is 1.61. The molecular weight excluding hydrogens is 868 g/mol. The molecule has 1 saturated heterocycles. The molecule has 346 valence electrons. The van der Waals surface area contributed by atoms with E-state index in [2.05, 4.69) is 21.3 Å². The maximum Gasteiger partial charge on any atom is 0.403 e. The topological polar surface area (TPSA) is 186 Å². The van der Waals surface area contributed by atoms with Crippen LogP contribution in [-0.2, 0) is 40.0 Å². The summed E-state index contributed by atoms with van der Waals surface area (Å²) in [5.74, 6) is -10.5. The van der Waals surface area contributed by atoms with E-state index in [0.29, 0.717) is 29.8 Å². The molecule has 21 heteroatoms. The molecular formula is C41H56Cl2F5N7O7. The number of nitrogens with one attached hydrogen (secondary N) is 5. The van der Waals surface area contributed by atoms with Gasteiger partial charge in [-0.1, -0.05) is 37.0 Å². The van der Waals surface area contributed by atoms with Crippen LogP contribution >= 0.6 is 23.2 Å². The third-order valence-corrected chi connectivity index (χ3v) is 12.3. The number of likely N-dealkylation sites (N-methyl/N-ethyl adjacent to an activating group) is 2. The van der Waals surface area contributed by atoms with Gasteiger partial charge in [0.25, 0.3) is 5.92 Å². The van der Waals surface area contributed by atoms with Gasteiger partial charge in [0.15, 0.2) is 5.41 Å². The van der Waals surface area contributed by atoms with Crippen LogP contribution in [0.3, 0.4) is 0 Å². The molecule has 5 atom stereocenters. The molecule has 14 nitrogen and oxygen atoms in total. The Morgan fingerprint density at radius 1 is 0.968 bits per heavy atom. The van der Waals surface area contributed by atoms with E-state index >= 15 is 0 Å². The Morgan fingerprint density at radius 2 is 1.60 bits per heavy atom. The molecule has 1 aromatic carbocycles. The van der Waals surface area contributed by atoms with Crippen molar-refractivity contribution in [1.29, 1.82) is 0 Å². The van der Waals surface area contributed by atoms with Crippen molar-refractivity contribution in [3.63, 3.8) is 0 Å².